The lowest BCUT2D eigenvalue weighted by molar-refractivity contribution is -0.161. The molecule has 0 saturated heterocycles. The lowest BCUT2D eigenvalue weighted by atomic mass is 10.0. The first-order chi connectivity index (χ1) is 31.8. The topological polar surface area (TPSA) is 134 Å². The Labute approximate surface area is 402 Å². The molecule has 9 nitrogen and oxygen atoms in total. The monoisotopic (exact) mass is 940 g/mol. The zero-order valence-corrected chi connectivity index (χ0v) is 43.6. The summed E-state index contributed by atoms with van der Waals surface area (Å²) < 4.78 is 33.0. The van der Waals surface area contributed by atoms with Crippen molar-refractivity contribution in [3.63, 3.8) is 0 Å². The molecule has 0 aromatic rings. The number of esters is 2. The van der Waals surface area contributed by atoms with Crippen molar-refractivity contribution >= 4 is 19.8 Å². The highest BCUT2D eigenvalue weighted by molar-refractivity contribution is 7.47. The number of unbranched alkanes of at least 4 members (excludes halogenated alkanes) is 36. The van der Waals surface area contributed by atoms with Crippen LogP contribution in [0.15, 0.2) is 24.3 Å². The Hall–Kier alpha value is -1.51. The molecule has 2 atom stereocenters. The number of allylic oxidation sites excluding steroid dienone is 4. The lowest BCUT2D eigenvalue weighted by Gasteiger charge is -2.19. The molecule has 0 bridgehead atoms. The third-order valence-corrected chi connectivity index (χ3v) is 13.3. The minimum Gasteiger partial charge on any atom is -0.462 e. The first kappa shape index (κ1) is 63.5. The van der Waals surface area contributed by atoms with Crippen LogP contribution in [0.1, 0.15) is 284 Å². The van der Waals surface area contributed by atoms with Gasteiger partial charge in [0.25, 0.3) is 0 Å². The summed E-state index contributed by atoms with van der Waals surface area (Å²) in [5.74, 6) is -0.824. The van der Waals surface area contributed by atoms with E-state index in [4.69, 9.17) is 24.3 Å². The SMILES string of the molecule is CCCCCCCC/C=C\CCCCCCCC(=O)OCC(COP(=O)(O)OCCN)OC(=O)CCCCCCCCCCCCCCCCCCC/C=C\CCCCCCCCCC. The smallest absolute Gasteiger partial charge is 0.462 e. The molecule has 0 aliphatic carbocycles. The highest BCUT2D eigenvalue weighted by Crippen LogP contribution is 2.43. The van der Waals surface area contributed by atoms with Gasteiger partial charge in [-0.15, -0.1) is 0 Å². The van der Waals surface area contributed by atoms with E-state index < -0.39 is 26.5 Å². The van der Waals surface area contributed by atoms with Crippen molar-refractivity contribution in [3.8, 4) is 0 Å². The second kappa shape index (κ2) is 51.9. The molecule has 0 aromatic heterocycles. The largest absolute Gasteiger partial charge is 0.472 e. The van der Waals surface area contributed by atoms with Crippen LogP contribution in [0.4, 0.5) is 0 Å². The van der Waals surface area contributed by atoms with Crippen molar-refractivity contribution in [3.05, 3.63) is 24.3 Å². The van der Waals surface area contributed by atoms with Crippen LogP contribution in [0.3, 0.4) is 0 Å². The Morgan fingerprint density at radius 1 is 0.446 bits per heavy atom. The molecule has 0 heterocycles. The summed E-state index contributed by atoms with van der Waals surface area (Å²) in [5.41, 5.74) is 5.37. The molecular formula is C55H106NO8P. The van der Waals surface area contributed by atoms with Gasteiger partial charge in [-0.05, 0) is 64.2 Å². The second-order valence-corrected chi connectivity index (χ2v) is 20.3. The molecule has 0 spiro atoms. The summed E-state index contributed by atoms with van der Waals surface area (Å²) in [6.07, 6.45) is 59.5. The van der Waals surface area contributed by atoms with Crippen molar-refractivity contribution in [1.82, 2.24) is 0 Å². The molecule has 65 heavy (non-hydrogen) atoms. The quantitative estimate of drug-likeness (QED) is 0.0264. The maximum Gasteiger partial charge on any atom is 0.472 e. The van der Waals surface area contributed by atoms with E-state index in [1.165, 1.54) is 199 Å². The summed E-state index contributed by atoms with van der Waals surface area (Å²) in [7, 11) is -4.38. The maximum atomic E-state index is 12.7. The van der Waals surface area contributed by atoms with E-state index in [9.17, 15) is 19.0 Å². The van der Waals surface area contributed by atoms with Crippen LogP contribution in [0.25, 0.3) is 0 Å². The van der Waals surface area contributed by atoms with Crippen molar-refractivity contribution in [2.75, 3.05) is 26.4 Å². The second-order valence-electron chi connectivity index (χ2n) is 18.8. The highest BCUT2D eigenvalue weighted by atomic mass is 31.2. The number of carbonyl (C=O) groups excluding carboxylic acids is 2. The van der Waals surface area contributed by atoms with E-state index >= 15 is 0 Å². The number of ether oxygens (including phenoxy) is 2. The van der Waals surface area contributed by atoms with Gasteiger partial charge in [-0.3, -0.25) is 18.6 Å². The molecule has 0 radical (unpaired) electrons. The van der Waals surface area contributed by atoms with Gasteiger partial charge in [-0.1, -0.05) is 231 Å². The van der Waals surface area contributed by atoms with E-state index in [0.717, 1.165) is 51.4 Å². The average Bonchev–Trinajstić information content (AvgIpc) is 3.30. The third kappa shape index (κ3) is 51.7. The molecule has 10 heteroatoms. The molecule has 2 unspecified atom stereocenters. The molecule has 0 saturated carbocycles. The van der Waals surface area contributed by atoms with Crippen LogP contribution in [-0.4, -0.2) is 49.3 Å². The molecule has 0 rings (SSSR count). The average molecular weight is 940 g/mol. The van der Waals surface area contributed by atoms with Crippen LogP contribution in [0, 0.1) is 0 Å². The Morgan fingerprint density at radius 2 is 0.754 bits per heavy atom. The number of hydrogen-bond acceptors (Lipinski definition) is 8. The van der Waals surface area contributed by atoms with E-state index in [-0.39, 0.29) is 38.6 Å². The lowest BCUT2D eigenvalue weighted by Crippen LogP contribution is -2.29. The van der Waals surface area contributed by atoms with Gasteiger partial charge in [0.1, 0.15) is 6.61 Å². The molecule has 3 N–H and O–H groups in total. The summed E-state index contributed by atoms with van der Waals surface area (Å²) in [6.45, 7) is 3.77. The normalized spacial score (nSPS) is 13.2. The van der Waals surface area contributed by atoms with Crippen LogP contribution >= 0.6 is 7.82 Å². The maximum absolute atomic E-state index is 12.7. The van der Waals surface area contributed by atoms with Gasteiger partial charge in [0.15, 0.2) is 6.10 Å². The van der Waals surface area contributed by atoms with Crippen molar-refractivity contribution in [1.29, 1.82) is 0 Å². The predicted octanol–water partition coefficient (Wildman–Crippen LogP) is 17.1. The van der Waals surface area contributed by atoms with E-state index in [1.54, 1.807) is 0 Å². The van der Waals surface area contributed by atoms with Gasteiger partial charge < -0.3 is 20.1 Å². The van der Waals surface area contributed by atoms with Gasteiger partial charge in [-0.2, -0.15) is 0 Å². The number of nitrogens with two attached hydrogens (primary N) is 1. The molecule has 0 amide bonds. The zero-order chi connectivity index (χ0) is 47.4. The van der Waals surface area contributed by atoms with Crippen molar-refractivity contribution in [2.24, 2.45) is 5.73 Å². The molecule has 0 aliphatic rings. The van der Waals surface area contributed by atoms with Gasteiger partial charge in [0.05, 0.1) is 13.2 Å². The van der Waals surface area contributed by atoms with Gasteiger partial charge in [-0.25, -0.2) is 4.57 Å². The van der Waals surface area contributed by atoms with E-state index in [1.807, 2.05) is 0 Å². The summed E-state index contributed by atoms with van der Waals surface area (Å²) in [4.78, 5) is 35.1. The Balaban J connectivity index is 3.90. The first-order valence-electron chi connectivity index (χ1n) is 27.8. The minimum absolute atomic E-state index is 0.0544. The van der Waals surface area contributed by atoms with Crippen molar-refractivity contribution in [2.45, 2.75) is 290 Å². The number of phosphoric ester groups is 1. The molecular weight excluding hydrogens is 834 g/mol. The third-order valence-electron chi connectivity index (χ3n) is 12.3. The summed E-state index contributed by atoms with van der Waals surface area (Å²) in [6, 6.07) is 0. The first-order valence-corrected chi connectivity index (χ1v) is 29.3. The summed E-state index contributed by atoms with van der Waals surface area (Å²) in [5, 5.41) is 0. The fourth-order valence-corrected chi connectivity index (χ4v) is 8.92. The Bertz CT molecular complexity index is 1120. The Morgan fingerprint density at radius 3 is 1.09 bits per heavy atom. The van der Waals surface area contributed by atoms with E-state index in [2.05, 4.69) is 38.2 Å². The predicted molar refractivity (Wildman–Crippen MR) is 275 cm³/mol. The molecule has 0 aliphatic heterocycles. The number of rotatable bonds is 53. The molecule has 384 valence electrons. The van der Waals surface area contributed by atoms with E-state index in [0.29, 0.717) is 6.42 Å². The standard InChI is InChI=1S/C55H106NO8P/c1-3-5-7-9-11-13-15-17-19-20-21-22-23-24-25-26-27-28-29-30-31-32-34-36-38-40-42-44-46-48-55(58)64-53(52-63-65(59,60)62-50-49-56)51-61-54(57)47-45-43-41-39-37-35-33-18-16-14-12-10-8-6-4-2/h18,20-21,33,53H,3-17,19,22-32,34-52,56H2,1-2H3,(H,59,60)/b21-20-,33-18-. The summed E-state index contributed by atoms with van der Waals surface area (Å²) >= 11 is 0. The van der Waals surface area contributed by atoms with Crippen LogP contribution in [-0.2, 0) is 32.7 Å². The van der Waals surface area contributed by atoms with Gasteiger partial charge >= 0.3 is 19.8 Å². The van der Waals surface area contributed by atoms with Gasteiger partial charge in [0.2, 0.25) is 0 Å². The zero-order valence-electron chi connectivity index (χ0n) is 42.7. The molecule has 0 fully saturated rings. The fourth-order valence-electron chi connectivity index (χ4n) is 8.16. The fraction of sp³-hybridized carbons (Fsp3) is 0.891. The van der Waals surface area contributed by atoms with Crippen LogP contribution in [0.5, 0.6) is 0 Å². The van der Waals surface area contributed by atoms with Gasteiger partial charge in [0, 0.05) is 19.4 Å². The number of hydrogen-bond donors (Lipinski definition) is 2. The van der Waals surface area contributed by atoms with Crippen molar-refractivity contribution < 1.29 is 37.6 Å². The minimum atomic E-state index is -4.38. The number of carbonyl (C=O) groups is 2. The van der Waals surface area contributed by atoms with Crippen LogP contribution < -0.4 is 5.73 Å². The Kier molecular flexibility index (Phi) is 50.7. The van der Waals surface area contributed by atoms with Crippen LogP contribution in [0.2, 0.25) is 0 Å². The number of phosphoric acid groups is 1. The molecule has 0 aromatic carbocycles. The highest BCUT2D eigenvalue weighted by Gasteiger charge is 2.26.